The molecule has 0 saturated heterocycles. The van der Waals surface area contributed by atoms with Crippen LogP contribution in [-0.4, -0.2) is 43.0 Å². The highest BCUT2D eigenvalue weighted by molar-refractivity contribution is 6.13. The van der Waals surface area contributed by atoms with Gasteiger partial charge in [-0.3, -0.25) is 0 Å². The monoisotopic (exact) mass is 160 g/mol. The van der Waals surface area contributed by atoms with Gasteiger partial charge in [-0.25, -0.2) is 0 Å². The minimum Gasteiger partial charge on any atom is -0.357 e. The van der Waals surface area contributed by atoms with Gasteiger partial charge in [-0.2, -0.15) is 0 Å². The third kappa shape index (κ3) is 3.31. The summed E-state index contributed by atoms with van der Waals surface area (Å²) in [5.41, 5.74) is -0.671. The standard InChI is InChI=1S/C6H14NO2Si/c1-4-7-5-6(10,8-2)9-3/h7H,4-5H2,1-3H3. The third-order valence-corrected chi connectivity index (χ3v) is 1.85. The molecule has 0 amide bonds. The van der Waals surface area contributed by atoms with Gasteiger partial charge in [0.15, 0.2) is 5.41 Å². The van der Waals surface area contributed by atoms with Gasteiger partial charge in [0.25, 0.3) is 0 Å². The quantitative estimate of drug-likeness (QED) is 0.443. The van der Waals surface area contributed by atoms with Crippen molar-refractivity contribution in [2.24, 2.45) is 0 Å². The van der Waals surface area contributed by atoms with Gasteiger partial charge in [0.2, 0.25) is 0 Å². The second-order valence-corrected chi connectivity index (χ2v) is 2.70. The van der Waals surface area contributed by atoms with Crippen LogP contribution in [0.5, 0.6) is 0 Å². The number of likely N-dealkylation sites (N-methyl/N-ethyl adjacent to an activating group) is 1. The molecule has 0 aliphatic rings. The number of hydrogen-bond acceptors (Lipinski definition) is 3. The van der Waals surface area contributed by atoms with Crippen LogP contribution in [0.1, 0.15) is 6.92 Å². The van der Waals surface area contributed by atoms with Crippen molar-refractivity contribution in [1.29, 1.82) is 0 Å². The molecule has 1 N–H and O–H groups in total. The molecule has 0 unspecified atom stereocenters. The van der Waals surface area contributed by atoms with Crippen LogP contribution in [0.25, 0.3) is 0 Å². The smallest absolute Gasteiger partial charge is 0.155 e. The van der Waals surface area contributed by atoms with E-state index in [0.717, 1.165) is 6.54 Å². The summed E-state index contributed by atoms with van der Waals surface area (Å²) in [4.78, 5) is 0. The van der Waals surface area contributed by atoms with Crippen LogP contribution in [0, 0.1) is 0 Å². The molecule has 0 aromatic rings. The number of nitrogens with one attached hydrogen (secondary N) is 1. The Morgan fingerprint density at radius 3 is 2.20 bits per heavy atom. The number of methoxy groups -OCH3 is 2. The molecule has 3 nitrogen and oxygen atoms in total. The van der Waals surface area contributed by atoms with E-state index in [4.69, 9.17) is 9.47 Å². The molecule has 0 rings (SSSR count). The maximum absolute atomic E-state index is 5.02. The summed E-state index contributed by atoms with van der Waals surface area (Å²) in [5, 5.41) is 3.09. The van der Waals surface area contributed by atoms with Crippen molar-refractivity contribution in [3.8, 4) is 0 Å². The first-order chi connectivity index (χ1) is 4.68. The summed E-state index contributed by atoms with van der Waals surface area (Å²) >= 11 is 0. The van der Waals surface area contributed by atoms with Crippen LogP contribution in [0.2, 0.25) is 0 Å². The van der Waals surface area contributed by atoms with Crippen LogP contribution in [-0.2, 0) is 9.47 Å². The van der Waals surface area contributed by atoms with Gasteiger partial charge in [-0.05, 0) is 6.54 Å². The average molecular weight is 160 g/mol. The Morgan fingerprint density at radius 1 is 1.40 bits per heavy atom. The van der Waals surface area contributed by atoms with Crippen LogP contribution >= 0.6 is 0 Å². The highest BCUT2D eigenvalue weighted by Crippen LogP contribution is 2.02. The predicted molar refractivity (Wildman–Crippen MR) is 41.0 cm³/mol. The van der Waals surface area contributed by atoms with Gasteiger partial charge < -0.3 is 14.8 Å². The van der Waals surface area contributed by atoms with E-state index >= 15 is 0 Å². The minimum absolute atomic E-state index is 0.632. The Balaban J connectivity index is 3.58. The topological polar surface area (TPSA) is 30.5 Å². The zero-order valence-electron chi connectivity index (χ0n) is 6.73. The summed E-state index contributed by atoms with van der Waals surface area (Å²) in [6.07, 6.45) is 0. The fraction of sp³-hybridized carbons (Fsp3) is 1.00. The van der Waals surface area contributed by atoms with E-state index in [1.54, 1.807) is 14.2 Å². The Bertz CT molecular complexity index is 85.8. The van der Waals surface area contributed by atoms with Gasteiger partial charge in [0, 0.05) is 20.8 Å². The number of hydrogen-bond donors (Lipinski definition) is 1. The molecule has 0 spiro atoms. The first-order valence-corrected chi connectivity index (χ1v) is 3.74. The predicted octanol–water partition coefficient (Wildman–Crippen LogP) is -0.289. The number of rotatable bonds is 5. The molecule has 3 radical (unpaired) electrons. The van der Waals surface area contributed by atoms with E-state index in [0.29, 0.717) is 6.54 Å². The second kappa shape index (κ2) is 4.84. The van der Waals surface area contributed by atoms with Crippen molar-refractivity contribution >= 4 is 10.2 Å². The third-order valence-electron chi connectivity index (χ3n) is 1.27. The molecule has 0 saturated carbocycles. The van der Waals surface area contributed by atoms with Crippen LogP contribution in [0.4, 0.5) is 0 Å². The fourth-order valence-electron chi connectivity index (χ4n) is 0.517. The lowest BCUT2D eigenvalue weighted by atomic mass is 10.5. The van der Waals surface area contributed by atoms with Gasteiger partial charge >= 0.3 is 0 Å². The number of ether oxygens (including phenoxy) is 2. The molecule has 0 aromatic carbocycles. The largest absolute Gasteiger partial charge is 0.357 e. The van der Waals surface area contributed by atoms with Crippen molar-refractivity contribution in [2.75, 3.05) is 27.3 Å². The Morgan fingerprint density at radius 2 is 1.90 bits per heavy atom. The minimum atomic E-state index is -0.671. The lowest BCUT2D eigenvalue weighted by Crippen LogP contribution is -2.44. The maximum atomic E-state index is 5.02. The van der Waals surface area contributed by atoms with Crippen molar-refractivity contribution in [3.05, 3.63) is 0 Å². The molecule has 0 aliphatic heterocycles. The molecule has 10 heavy (non-hydrogen) atoms. The van der Waals surface area contributed by atoms with E-state index in [1.807, 2.05) is 6.92 Å². The average Bonchev–Trinajstić information content (AvgIpc) is 2.00. The first kappa shape index (κ1) is 10.1. The van der Waals surface area contributed by atoms with Gasteiger partial charge in [-0.1, -0.05) is 6.92 Å². The van der Waals surface area contributed by atoms with Crippen molar-refractivity contribution < 1.29 is 9.47 Å². The molecular weight excluding hydrogens is 146 g/mol. The molecule has 59 valence electrons. The summed E-state index contributed by atoms with van der Waals surface area (Å²) in [6.45, 7) is 3.56. The fourth-order valence-corrected chi connectivity index (χ4v) is 0.642. The zero-order valence-corrected chi connectivity index (χ0v) is 7.73. The maximum Gasteiger partial charge on any atom is 0.155 e. The zero-order chi connectivity index (χ0) is 8.04. The normalized spacial score (nSPS) is 12.0. The van der Waals surface area contributed by atoms with Crippen LogP contribution in [0.3, 0.4) is 0 Å². The van der Waals surface area contributed by atoms with Crippen LogP contribution in [0.15, 0.2) is 0 Å². The molecule has 0 aromatic heterocycles. The van der Waals surface area contributed by atoms with E-state index in [2.05, 4.69) is 15.6 Å². The highest BCUT2D eigenvalue weighted by Gasteiger charge is 2.20. The molecule has 0 bridgehead atoms. The van der Waals surface area contributed by atoms with Crippen molar-refractivity contribution in [3.63, 3.8) is 0 Å². The molecule has 0 heterocycles. The Kier molecular flexibility index (Phi) is 4.89. The summed E-state index contributed by atoms with van der Waals surface area (Å²) in [7, 11) is 6.51. The van der Waals surface area contributed by atoms with E-state index in [1.165, 1.54) is 0 Å². The molecule has 4 heteroatoms. The van der Waals surface area contributed by atoms with Gasteiger partial charge in [0.1, 0.15) is 10.2 Å². The van der Waals surface area contributed by atoms with E-state index in [9.17, 15) is 0 Å². The Labute approximate surface area is 65.5 Å². The van der Waals surface area contributed by atoms with E-state index in [-0.39, 0.29) is 0 Å². The lowest BCUT2D eigenvalue weighted by Gasteiger charge is -2.26. The van der Waals surface area contributed by atoms with E-state index < -0.39 is 5.41 Å². The Hall–Kier alpha value is 0.0969. The molecule has 0 atom stereocenters. The highest BCUT2D eigenvalue weighted by atomic mass is 28.1. The second-order valence-electron chi connectivity index (χ2n) is 1.94. The summed E-state index contributed by atoms with van der Waals surface area (Å²) in [6, 6.07) is 0. The van der Waals surface area contributed by atoms with Crippen molar-refractivity contribution in [2.45, 2.75) is 12.3 Å². The molecule has 0 aliphatic carbocycles. The SMILES string of the molecule is CCNCC([Si])(OC)OC. The summed E-state index contributed by atoms with van der Waals surface area (Å²) in [5.74, 6) is 0. The van der Waals surface area contributed by atoms with Gasteiger partial charge in [-0.15, -0.1) is 0 Å². The molecule has 0 fully saturated rings. The lowest BCUT2D eigenvalue weighted by molar-refractivity contribution is -0.138. The van der Waals surface area contributed by atoms with Crippen molar-refractivity contribution in [1.82, 2.24) is 5.32 Å². The van der Waals surface area contributed by atoms with Gasteiger partial charge in [0.05, 0.1) is 0 Å². The first-order valence-electron chi connectivity index (χ1n) is 3.24. The molecular formula is C6H14NO2Si. The van der Waals surface area contributed by atoms with Crippen LogP contribution < -0.4 is 5.32 Å². The summed E-state index contributed by atoms with van der Waals surface area (Å²) < 4.78 is 10.0.